The molecule has 47 heavy (non-hydrogen) atoms. The molecule has 3 atom stereocenters. The van der Waals surface area contributed by atoms with Crippen LogP contribution in [0.1, 0.15) is 40.6 Å². The van der Waals surface area contributed by atoms with E-state index in [2.05, 4.69) is 10.3 Å². The third-order valence-corrected chi connectivity index (χ3v) is 10.00. The van der Waals surface area contributed by atoms with E-state index in [0.717, 1.165) is 28.0 Å². The Bertz CT molecular complexity index is 1900. The number of nitrogens with one attached hydrogen (secondary N) is 2. The lowest BCUT2D eigenvalue weighted by Crippen LogP contribution is -2.32. The molecular weight excluding hydrogens is 647 g/mol. The average molecular weight is 676 g/mol. The van der Waals surface area contributed by atoms with Gasteiger partial charge in [0.25, 0.3) is 5.91 Å². The number of esters is 1. The highest BCUT2D eigenvalue weighted by molar-refractivity contribution is 8.00. The smallest absolute Gasteiger partial charge is 0.338 e. The van der Waals surface area contributed by atoms with Crippen molar-refractivity contribution < 1.29 is 38.5 Å². The number of phenols is 1. The normalized spacial score (nSPS) is 18.3. The van der Waals surface area contributed by atoms with E-state index in [0.29, 0.717) is 38.2 Å². The van der Waals surface area contributed by atoms with Crippen molar-refractivity contribution in [3.63, 3.8) is 0 Å². The lowest BCUT2D eigenvalue weighted by molar-refractivity contribution is -0.122. The minimum Gasteiger partial charge on any atom is -0.508 e. The number of nitrogens with zero attached hydrogens (tertiary/aromatic N) is 1. The number of phenolic OH excluding ortho intramolecular Hbond substituents is 1. The lowest BCUT2D eigenvalue weighted by Gasteiger charge is -2.30. The van der Waals surface area contributed by atoms with Crippen LogP contribution in [-0.4, -0.2) is 58.9 Å². The van der Waals surface area contributed by atoms with Crippen molar-refractivity contribution in [1.82, 2.24) is 4.98 Å². The van der Waals surface area contributed by atoms with E-state index in [1.165, 1.54) is 36.4 Å². The highest BCUT2D eigenvalue weighted by Gasteiger charge is 2.56. The summed E-state index contributed by atoms with van der Waals surface area (Å²) >= 11 is 2.14. The Morgan fingerprint density at radius 2 is 1.66 bits per heavy atom. The number of rotatable bonds is 10. The number of hydrogen-bond acceptors (Lipinski definition) is 11. The van der Waals surface area contributed by atoms with Gasteiger partial charge in [0.05, 0.1) is 35.4 Å². The number of amides is 3. The van der Waals surface area contributed by atoms with Crippen LogP contribution in [0.4, 0.5) is 11.4 Å². The fraction of sp³-hybridized carbons (Fsp3) is 0.242. The molecule has 2 unspecified atom stereocenters. The van der Waals surface area contributed by atoms with E-state index in [9.17, 15) is 29.1 Å². The number of thiazole rings is 1. The van der Waals surface area contributed by atoms with Crippen molar-refractivity contribution in [2.45, 2.75) is 30.0 Å². The molecule has 4 aromatic rings. The molecule has 242 valence electrons. The molecule has 0 radical (unpaired) electrons. The highest BCUT2D eigenvalue weighted by atomic mass is 32.2. The van der Waals surface area contributed by atoms with Crippen LogP contribution < -0.4 is 24.6 Å². The van der Waals surface area contributed by atoms with Gasteiger partial charge in [-0.2, -0.15) is 0 Å². The summed E-state index contributed by atoms with van der Waals surface area (Å²) in [6, 6.07) is 17.2. The number of aromatic nitrogens is 1. The van der Waals surface area contributed by atoms with Gasteiger partial charge in [0.1, 0.15) is 11.0 Å². The molecule has 3 aromatic carbocycles. The summed E-state index contributed by atoms with van der Waals surface area (Å²) in [5.74, 6) is -2.61. The first kappa shape index (κ1) is 31.9. The van der Waals surface area contributed by atoms with Crippen molar-refractivity contribution in [3.05, 3.63) is 92.4 Å². The monoisotopic (exact) mass is 675 g/mol. The number of thioether (sulfide) groups is 1. The predicted octanol–water partition coefficient (Wildman–Crippen LogP) is 4.53. The number of aromatic hydroxyl groups is 1. The number of H-pyrrole nitrogens is 1. The number of aromatic amines is 1. The average Bonchev–Trinajstić information content (AvgIpc) is 3.55. The molecule has 1 aromatic heterocycles. The van der Waals surface area contributed by atoms with Gasteiger partial charge in [-0.15, -0.1) is 0 Å². The van der Waals surface area contributed by atoms with Crippen LogP contribution in [0.2, 0.25) is 0 Å². The minimum atomic E-state index is -0.839. The summed E-state index contributed by atoms with van der Waals surface area (Å²) in [6.07, 6.45) is 0. The second-order valence-electron chi connectivity index (χ2n) is 10.6. The molecule has 12 nitrogen and oxygen atoms in total. The molecule has 2 aliphatic rings. The molecule has 3 heterocycles. The van der Waals surface area contributed by atoms with Crippen LogP contribution in [0.25, 0.3) is 0 Å². The van der Waals surface area contributed by atoms with Gasteiger partial charge < -0.3 is 29.6 Å². The summed E-state index contributed by atoms with van der Waals surface area (Å²) in [5, 5.41) is 11.9. The molecule has 2 aliphatic heterocycles. The van der Waals surface area contributed by atoms with Crippen LogP contribution >= 0.6 is 23.1 Å². The molecule has 6 rings (SSSR count). The Hall–Kier alpha value is -5.08. The molecule has 14 heteroatoms. The molecule has 1 fully saturated rings. The molecular formula is C33H29N3O9S2. The molecule has 3 amide bonds. The Balaban J connectivity index is 1.29. The van der Waals surface area contributed by atoms with Gasteiger partial charge in [-0.25, -0.2) is 9.69 Å². The molecule has 0 spiro atoms. The zero-order chi connectivity index (χ0) is 33.2. The van der Waals surface area contributed by atoms with Crippen LogP contribution in [0.5, 0.6) is 17.2 Å². The molecule has 3 N–H and O–H groups in total. The fourth-order valence-corrected chi connectivity index (χ4v) is 8.10. The lowest BCUT2D eigenvalue weighted by atomic mass is 9.83. The van der Waals surface area contributed by atoms with Crippen molar-refractivity contribution in [1.29, 1.82) is 0 Å². The summed E-state index contributed by atoms with van der Waals surface area (Å²) < 4.78 is 16.7. The zero-order valence-corrected chi connectivity index (χ0v) is 26.8. The number of fused-ring (bicyclic) bond motifs is 2. The van der Waals surface area contributed by atoms with Crippen LogP contribution in [-0.2, 0) is 19.1 Å². The standard InChI is InChI=1S/C33H29N3O9S2/c1-3-43-23-15-18(7-14-22(23)45-16-24(38)34-19-8-12-21(37)13-9-19)25-26-28(46-29-27(25)47-33(42)35-29)31(40)36(30(26)39)20-10-5-17(6-11-20)32(41)44-4-2/h5-15,25-26,28,37H,3-4,16H2,1-2H3,(H,34,38)(H,35,42)/t25-,26?,28?/m1/s1. The number of imide groups is 1. The third-order valence-electron chi connectivity index (χ3n) is 7.60. The predicted molar refractivity (Wildman–Crippen MR) is 175 cm³/mol. The second-order valence-corrected chi connectivity index (χ2v) is 12.7. The first-order valence-corrected chi connectivity index (χ1v) is 16.4. The maximum atomic E-state index is 14.1. The minimum absolute atomic E-state index is 0.0728. The Kier molecular flexibility index (Phi) is 9.05. The van der Waals surface area contributed by atoms with Crippen LogP contribution in [0.3, 0.4) is 0 Å². The first-order chi connectivity index (χ1) is 22.7. The number of anilines is 2. The van der Waals surface area contributed by atoms with E-state index in [-0.39, 0.29) is 36.2 Å². The van der Waals surface area contributed by atoms with Gasteiger partial charge in [0.15, 0.2) is 18.1 Å². The maximum Gasteiger partial charge on any atom is 0.338 e. The number of ether oxygens (including phenoxy) is 3. The van der Waals surface area contributed by atoms with Crippen molar-refractivity contribution >= 4 is 58.2 Å². The van der Waals surface area contributed by atoms with Crippen LogP contribution in [0, 0.1) is 5.92 Å². The van der Waals surface area contributed by atoms with E-state index in [1.807, 2.05) is 0 Å². The Morgan fingerprint density at radius 1 is 0.915 bits per heavy atom. The summed E-state index contributed by atoms with van der Waals surface area (Å²) in [4.78, 5) is 69.3. The van der Waals surface area contributed by atoms with Gasteiger partial charge in [0.2, 0.25) is 11.8 Å². The molecule has 0 saturated carbocycles. The summed E-state index contributed by atoms with van der Waals surface area (Å²) in [7, 11) is 0. The fourth-order valence-electron chi connectivity index (χ4n) is 5.58. The summed E-state index contributed by atoms with van der Waals surface area (Å²) in [6.45, 7) is 3.66. The highest BCUT2D eigenvalue weighted by Crippen LogP contribution is 2.53. The SMILES string of the molecule is CCOC(=O)c1ccc(N2C(=O)C3Sc4[nH]c(=O)sc4[C@H](c4ccc(OCC(=O)Nc5ccc(O)cc5)c(OCC)c4)C3C2=O)cc1. The Morgan fingerprint density at radius 3 is 2.36 bits per heavy atom. The van der Waals surface area contributed by atoms with Gasteiger partial charge in [-0.3, -0.25) is 19.2 Å². The van der Waals surface area contributed by atoms with Gasteiger partial charge in [-0.05, 0) is 80.1 Å². The topological polar surface area (TPSA) is 164 Å². The van der Waals surface area contributed by atoms with Gasteiger partial charge >= 0.3 is 10.8 Å². The second kappa shape index (κ2) is 13.3. The zero-order valence-electron chi connectivity index (χ0n) is 25.2. The molecule has 0 bridgehead atoms. The van der Waals surface area contributed by atoms with E-state index >= 15 is 0 Å². The maximum absolute atomic E-state index is 14.1. The quantitative estimate of drug-likeness (QED) is 0.124. The summed E-state index contributed by atoms with van der Waals surface area (Å²) in [5.41, 5.74) is 1.73. The van der Waals surface area contributed by atoms with E-state index < -0.39 is 40.8 Å². The van der Waals surface area contributed by atoms with E-state index in [1.54, 1.807) is 44.2 Å². The van der Waals surface area contributed by atoms with E-state index in [4.69, 9.17) is 14.2 Å². The molecule has 1 saturated heterocycles. The number of hydrogen-bond donors (Lipinski definition) is 3. The molecule has 0 aliphatic carbocycles. The number of carbonyl (C=O) groups excluding carboxylic acids is 4. The van der Waals surface area contributed by atoms with Crippen molar-refractivity contribution in [2.24, 2.45) is 5.92 Å². The van der Waals surface area contributed by atoms with Crippen molar-refractivity contribution in [3.8, 4) is 17.2 Å². The third kappa shape index (κ3) is 6.33. The van der Waals surface area contributed by atoms with Gasteiger partial charge in [0, 0.05) is 16.5 Å². The van der Waals surface area contributed by atoms with Gasteiger partial charge in [-0.1, -0.05) is 29.2 Å². The van der Waals surface area contributed by atoms with Crippen LogP contribution in [0.15, 0.2) is 76.6 Å². The Labute approximate surface area is 276 Å². The van der Waals surface area contributed by atoms with Crippen molar-refractivity contribution in [2.75, 3.05) is 30.0 Å². The number of carbonyl (C=O) groups is 4. The largest absolute Gasteiger partial charge is 0.508 e. The number of benzene rings is 3. The first-order valence-electron chi connectivity index (χ1n) is 14.7.